The molecule has 0 radical (unpaired) electrons. The van der Waals surface area contributed by atoms with Crippen LogP contribution in [0.25, 0.3) is 28.1 Å². The van der Waals surface area contributed by atoms with E-state index in [1.54, 1.807) is 6.08 Å². The minimum absolute atomic E-state index is 0.0126. The van der Waals surface area contributed by atoms with Gasteiger partial charge in [0.2, 0.25) is 0 Å². The third-order valence-electron chi connectivity index (χ3n) is 10.00. The SMILES string of the molecule is CC[C@H]1c2cc3[nH]c4c(c5nc(cc6[nH]c(cc(n2)[C@@H]1C)c(C=C(C#N)C#N)c6C)[C@@H](C)[C@@H]5CCC(=O)OC)CC(=O)c4c3C. The second-order valence-electron chi connectivity index (χ2n) is 12.4. The van der Waals surface area contributed by atoms with Gasteiger partial charge in [-0.15, -0.1) is 0 Å². The smallest absolute Gasteiger partial charge is 0.305 e. The number of rotatable bonds is 5. The van der Waals surface area contributed by atoms with Crippen molar-refractivity contribution in [1.82, 2.24) is 19.9 Å². The Balaban J connectivity index is 1.74. The molecular formula is C36H36N6O3. The van der Waals surface area contributed by atoms with E-state index in [2.05, 4.69) is 36.8 Å². The number of carbonyl (C=O) groups excluding carboxylic acids is 2. The fraction of sp³-hybridized carbons (Fsp3) is 0.389. The zero-order valence-corrected chi connectivity index (χ0v) is 26.5. The molecule has 0 fully saturated rings. The van der Waals surface area contributed by atoms with Crippen LogP contribution in [0, 0.1) is 36.5 Å². The van der Waals surface area contributed by atoms with Gasteiger partial charge in [-0.2, -0.15) is 10.5 Å². The summed E-state index contributed by atoms with van der Waals surface area (Å²) in [7, 11) is 1.39. The zero-order valence-electron chi connectivity index (χ0n) is 26.5. The summed E-state index contributed by atoms with van der Waals surface area (Å²) in [4.78, 5) is 43.1. The molecule has 9 heteroatoms. The van der Waals surface area contributed by atoms with Crippen molar-refractivity contribution in [2.24, 2.45) is 0 Å². The maximum absolute atomic E-state index is 13.5. The van der Waals surface area contributed by atoms with Crippen LogP contribution < -0.4 is 0 Å². The number of aryl methyl sites for hydroxylation is 2. The van der Waals surface area contributed by atoms with Crippen molar-refractivity contribution in [3.05, 3.63) is 74.4 Å². The minimum Gasteiger partial charge on any atom is -0.469 e. The van der Waals surface area contributed by atoms with Crippen molar-refractivity contribution in [2.75, 3.05) is 7.11 Å². The summed E-state index contributed by atoms with van der Waals surface area (Å²) in [6.45, 7) is 10.4. The molecule has 1 aliphatic carbocycles. The normalized spacial score (nSPS) is 20.0. The quantitative estimate of drug-likeness (QED) is 0.232. The number of allylic oxidation sites excluding steroid dienone is 1. The summed E-state index contributed by atoms with van der Waals surface area (Å²) in [5, 5.41) is 19.1. The molecule has 0 saturated carbocycles. The fourth-order valence-corrected chi connectivity index (χ4v) is 7.31. The zero-order chi connectivity index (χ0) is 32.2. The lowest BCUT2D eigenvalue weighted by Gasteiger charge is -2.16. The van der Waals surface area contributed by atoms with E-state index in [1.807, 2.05) is 38.1 Å². The summed E-state index contributed by atoms with van der Waals surface area (Å²) in [5.41, 5.74) is 10.9. The average molecular weight is 601 g/mol. The molecule has 0 amide bonds. The molecule has 228 valence electrons. The van der Waals surface area contributed by atoms with Gasteiger partial charge < -0.3 is 14.7 Å². The fourth-order valence-electron chi connectivity index (χ4n) is 7.31. The predicted octanol–water partition coefficient (Wildman–Crippen LogP) is 7.24. The van der Waals surface area contributed by atoms with E-state index in [0.717, 1.165) is 73.5 Å². The Hall–Kier alpha value is -5.02. The molecule has 0 saturated heterocycles. The Bertz CT molecular complexity index is 2030. The number of fused-ring (bicyclic) bond motifs is 8. The van der Waals surface area contributed by atoms with E-state index < -0.39 is 0 Å². The van der Waals surface area contributed by atoms with Gasteiger partial charge in [0.05, 0.1) is 18.3 Å². The summed E-state index contributed by atoms with van der Waals surface area (Å²) in [6, 6.07) is 10.1. The number of esters is 1. The number of nitrogens with one attached hydrogen (secondary N) is 2. The lowest BCUT2D eigenvalue weighted by molar-refractivity contribution is -0.140. The topological polar surface area (TPSA) is 148 Å². The molecule has 45 heavy (non-hydrogen) atoms. The molecule has 2 aliphatic heterocycles. The third kappa shape index (κ3) is 4.93. The molecule has 0 aromatic carbocycles. The van der Waals surface area contributed by atoms with Crippen LogP contribution in [0.15, 0.2) is 23.8 Å². The Morgan fingerprint density at radius 1 is 0.978 bits per heavy atom. The molecule has 4 atom stereocenters. The Labute approximate surface area is 262 Å². The molecule has 0 spiro atoms. The van der Waals surface area contributed by atoms with Gasteiger partial charge in [-0.25, -0.2) is 0 Å². The standard InChI is InChI=1S/C36H36N6O3/c1-7-22-17(2)27-13-31-24(10-21(15-37)16-38)19(4)26(40-31)12-28-18(3)23(8-9-33(44)45-6)35(41-28)25-11-32(43)34-20(5)29(42-36(25)34)14-30(22)39-27/h10,12-14,17-18,22-23,40,42H,7-9,11H2,1-6H3/t17-,18+,22-,23+/m1/s1. The van der Waals surface area contributed by atoms with E-state index in [4.69, 9.17) is 14.7 Å². The van der Waals surface area contributed by atoms with E-state index in [1.165, 1.54) is 7.11 Å². The van der Waals surface area contributed by atoms with Crippen LogP contribution in [0.2, 0.25) is 0 Å². The first-order chi connectivity index (χ1) is 21.6. The van der Waals surface area contributed by atoms with Crippen LogP contribution >= 0.6 is 0 Å². The number of carbonyl (C=O) groups is 2. The number of hydrogen-bond acceptors (Lipinski definition) is 7. The number of methoxy groups -OCH3 is 1. The van der Waals surface area contributed by atoms with Gasteiger partial charge in [0.15, 0.2) is 5.78 Å². The van der Waals surface area contributed by atoms with Crippen LogP contribution in [-0.2, 0) is 16.0 Å². The average Bonchev–Trinajstić information content (AvgIpc) is 3.77. The van der Waals surface area contributed by atoms with Gasteiger partial charge in [-0.05, 0) is 62.1 Å². The van der Waals surface area contributed by atoms with E-state index in [0.29, 0.717) is 12.0 Å². The van der Waals surface area contributed by atoms with E-state index >= 15 is 0 Å². The number of aromatic amines is 2. The molecule has 6 rings (SSSR count). The monoisotopic (exact) mass is 600 g/mol. The maximum atomic E-state index is 13.5. The van der Waals surface area contributed by atoms with Crippen molar-refractivity contribution < 1.29 is 14.3 Å². The summed E-state index contributed by atoms with van der Waals surface area (Å²) in [5.74, 6) is -0.0457. The summed E-state index contributed by atoms with van der Waals surface area (Å²) < 4.78 is 4.96. The number of nitriles is 2. The third-order valence-corrected chi connectivity index (χ3v) is 10.00. The van der Waals surface area contributed by atoms with Gasteiger partial charge >= 0.3 is 5.97 Å². The first kappa shape index (κ1) is 30.0. The van der Waals surface area contributed by atoms with Crippen LogP contribution in [0.1, 0.15) is 119 Å². The number of Topliss-reactive ketones (excluding diaryl/α,β-unsaturated/α-hetero) is 1. The van der Waals surface area contributed by atoms with Crippen molar-refractivity contribution in [2.45, 2.75) is 84.0 Å². The Morgan fingerprint density at radius 3 is 2.31 bits per heavy atom. The van der Waals surface area contributed by atoms with Crippen LogP contribution in [0.4, 0.5) is 0 Å². The molecule has 0 unspecified atom stereocenters. The van der Waals surface area contributed by atoms with Crippen molar-refractivity contribution >= 4 is 39.9 Å². The number of ketones is 1. The highest BCUT2D eigenvalue weighted by molar-refractivity contribution is 6.13. The number of hydrogen-bond donors (Lipinski definition) is 2. The van der Waals surface area contributed by atoms with E-state index in [-0.39, 0.29) is 53.8 Å². The molecule has 5 heterocycles. The minimum atomic E-state index is -0.284. The van der Waals surface area contributed by atoms with Crippen LogP contribution in [-0.4, -0.2) is 38.8 Å². The van der Waals surface area contributed by atoms with Crippen molar-refractivity contribution in [1.29, 1.82) is 10.5 Å². The maximum Gasteiger partial charge on any atom is 0.305 e. The molecule has 9 nitrogen and oxygen atoms in total. The lowest BCUT2D eigenvalue weighted by Crippen LogP contribution is -2.09. The van der Waals surface area contributed by atoms with Gasteiger partial charge in [-0.3, -0.25) is 19.6 Å². The molecule has 3 aromatic rings. The number of aromatic nitrogens is 4. The van der Waals surface area contributed by atoms with Gasteiger partial charge in [0.25, 0.3) is 0 Å². The number of H-pyrrole nitrogens is 2. The second-order valence-corrected chi connectivity index (χ2v) is 12.4. The highest BCUT2D eigenvalue weighted by Gasteiger charge is 2.36. The number of nitrogens with zero attached hydrogens (tertiary/aromatic N) is 4. The Morgan fingerprint density at radius 2 is 1.62 bits per heavy atom. The highest BCUT2D eigenvalue weighted by Crippen LogP contribution is 2.45. The molecule has 3 aliphatic rings. The largest absolute Gasteiger partial charge is 0.469 e. The molecule has 8 bridgehead atoms. The van der Waals surface area contributed by atoms with Gasteiger partial charge in [-0.1, -0.05) is 20.8 Å². The van der Waals surface area contributed by atoms with Crippen molar-refractivity contribution in [3.8, 4) is 12.1 Å². The lowest BCUT2D eigenvalue weighted by atomic mass is 9.85. The highest BCUT2D eigenvalue weighted by atomic mass is 16.5. The van der Waals surface area contributed by atoms with E-state index in [9.17, 15) is 20.1 Å². The molecule has 3 aromatic heterocycles. The summed E-state index contributed by atoms with van der Waals surface area (Å²) >= 11 is 0. The first-order valence-electron chi connectivity index (χ1n) is 15.5. The first-order valence-corrected chi connectivity index (χ1v) is 15.5. The number of ether oxygens (including phenoxy) is 1. The van der Waals surface area contributed by atoms with Crippen molar-refractivity contribution in [3.63, 3.8) is 0 Å². The van der Waals surface area contributed by atoms with Gasteiger partial charge in [0, 0.05) is 86.8 Å². The Kier molecular flexibility index (Phi) is 7.66. The second kappa shape index (κ2) is 11.5. The predicted molar refractivity (Wildman–Crippen MR) is 172 cm³/mol. The molecular weight excluding hydrogens is 564 g/mol. The van der Waals surface area contributed by atoms with Gasteiger partial charge in [0.1, 0.15) is 17.7 Å². The molecule has 2 N–H and O–H groups in total. The van der Waals surface area contributed by atoms with Crippen LogP contribution in [0.3, 0.4) is 0 Å². The summed E-state index contributed by atoms with van der Waals surface area (Å²) in [6.07, 6.45) is 3.54. The van der Waals surface area contributed by atoms with Crippen LogP contribution in [0.5, 0.6) is 0 Å².